The lowest BCUT2D eigenvalue weighted by molar-refractivity contribution is -0.120. The van der Waals surface area contributed by atoms with Crippen LogP contribution in [0.5, 0.6) is 11.5 Å². The molecule has 1 aliphatic heterocycles. The Morgan fingerprint density at radius 1 is 0.952 bits per heavy atom. The number of aryl methyl sites for hydroxylation is 1. The van der Waals surface area contributed by atoms with Gasteiger partial charge in [0, 0.05) is 48.4 Å². The number of rotatable bonds is 7. The number of benzene rings is 2. The Morgan fingerprint density at radius 2 is 1.55 bits per heavy atom. The van der Waals surface area contributed by atoms with Crippen LogP contribution in [0, 0.1) is 17.8 Å². The van der Waals surface area contributed by atoms with Crippen LogP contribution in [0.4, 0.5) is 5.69 Å². The predicted molar refractivity (Wildman–Crippen MR) is 165 cm³/mol. The average molecular weight is 637 g/mol. The highest BCUT2D eigenvalue weighted by Gasteiger charge is 2.48. The average Bonchev–Trinajstić information content (AvgIpc) is 2.87. The number of carbonyl (C=O) groups excluding carboxylic acids is 3. The predicted octanol–water partition coefficient (Wildman–Crippen LogP) is 7.57. The Bertz CT molecular complexity index is 1480. The van der Waals surface area contributed by atoms with Gasteiger partial charge in [0.1, 0.15) is 11.5 Å². The Hall–Kier alpha value is -3.39. The number of Topliss-reactive ketones (excluding diaryl/α,β-unsaturated/α-hetero) is 2. The van der Waals surface area contributed by atoms with Crippen LogP contribution >= 0.6 is 15.9 Å². The van der Waals surface area contributed by atoms with Crippen LogP contribution in [0.15, 0.2) is 63.5 Å². The Kier molecular flexibility index (Phi) is 8.14. The van der Waals surface area contributed by atoms with Crippen molar-refractivity contribution in [2.24, 2.45) is 10.8 Å². The summed E-state index contributed by atoms with van der Waals surface area (Å²) in [4.78, 5) is 40.1. The molecule has 3 aliphatic rings. The molecule has 0 bridgehead atoms. The number of carbonyl (C=O) groups is 3. The highest BCUT2D eigenvalue weighted by molar-refractivity contribution is 9.10. The van der Waals surface area contributed by atoms with Gasteiger partial charge in [0.05, 0.1) is 11.1 Å². The van der Waals surface area contributed by atoms with Gasteiger partial charge in [0.15, 0.2) is 29.7 Å². The summed E-state index contributed by atoms with van der Waals surface area (Å²) in [5, 5.41) is 2.88. The van der Waals surface area contributed by atoms with E-state index in [4.69, 9.17) is 14.2 Å². The van der Waals surface area contributed by atoms with Crippen molar-refractivity contribution in [2.75, 3.05) is 18.5 Å². The largest absolute Gasteiger partial charge is 0.490 e. The lowest BCUT2D eigenvalue weighted by atomic mass is 9.65. The molecule has 0 atom stereocenters. The van der Waals surface area contributed by atoms with Gasteiger partial charge in [-0.1, -0.05) is 45.9 Å². The third kappa shape index (κ3) is 6.05. The number of ether oxygens (including phenoxy) is 3. The summed E-state index contributed by atoms with van der Waals surface area (Å²) in [6.07, 6.45) is 1.99. The second kappa shape index (κ2) is 11.4. The molecule has 1 heterocycles. The summed E-state index contributed by atoms with van der Waals surface area (Å²) < 4.78 is 19.0. The summed E-state index contributed by atoms with van der Waals surface area (Å²) in [5.74, 6) is 1.25. The van der Waals surface area contributed by atoms with E-state index in [2.05, 4.69) is 48.9 Å². The summed E-state index contributed by atoms with van der Waals surface area (Å²) in [6.45, 7) is 12.2. The van der Waals surface area contributed by atoms with E-state index in [1.165, 1.54) is 0 Å². The van der Waals surface area contributed by atoms with Crippen LogP contribution < -0.4 is 14.8 Å². The molecule has 1 N–H and O–H groups in total. The molecule has 0 unspecified atom stereocenters. The first-order chi connectivity index (χ1) is 19.8. The molecule has 0 aromatic heterocycles. The van der Waals surface area contributed by atoms with E-state index in [1.807, 2.05) is 50.2 Å². The van der Waals surface area contributed by atoms with Crippen molar-refractivity contribution in [1.82, 2.24) is 0 Å². The maximum Gasteiger partial charge on any atom is 0.262 e. The molecule has 0 fully saturated rings. The first-order valence-corrected chi connectivity index (χ1v) is 15.2. The number of halogens is 1. The van der Waals surface area contributed by atoms with Crippen molar-refractivity contribution in [3.05, 3.63) is 74.7 Å². The van der Waals surface area contributed by atoms with Gasteiger partial charge in [-0.25, -0.2) is 0 Å². The Morgan fingerprint density at radius 3 is 2.12 bits per heavy atom. The fraction of sp³-hybridized carbons (Fsp3) is 0.441. The molecule has 5 rings (SSSR count). The molecule has 1 amide bonds. The van der Waals surface area contributed by atoms with Gasteiger partial charge in [-0.15, -0.1) is 0 Å². The molecule has 42 heavy (non-hydrogen) atoms. The molecule has 222 valence electrons. The minimum Gasteiger partial charge on any atom is -0.490 e. The molecule has 0 saturated carbocycles. The zero-order valence-corrected chi connectivity index (χ0v) is 26.7. The van der Waals surface area contributed by atoms with Crippen LogP contribution in [0.1, 0.15) is 77.3 Å². The number of hydrogen-bond acceptors (Lipinski definition) is 6. The van der Waals surface area contributed by atoms with Gasteiger partial charge in [-0.2, -0.15) is 0 Å². The number of allylic oxidation sites excluding steroid dienone is 4. The maximum atomic E-state index is 13.7. The summed E-state index contributed by atoms with van der Waals surface area (Å²) >= 11 is 3.64. The number of amides is 1. The maximum absolute atomic E-state index is 13.7. The number of hydrogen-bond donors (Lipinski definition) is 1. The zero-order valence-electron chi connectivity index (χ0n) is 25.1. The van der Waals surface area contributed by atoms with Crippen LogP contribution in [0.3, 0.4) is 0 Å². The standard InChI is InChI=1S/C34H38BrNO6/c1-7-40-25-13-20(12-21(35)32(25)41-18-28(39)36-22-11-9-8-10-19(22)2)29-30-23(37)14-33(3,4)16-26(30)42-27-17-34(5,6)15-24(38)31(27)29/h8-13,29H,7,14-18H2,1-6H3,(H,36,39). The van der Waals surface area contributed by atoms with E-state index in [1.54, 1.807) is 0 Å². The van der Waals surface area contributed by atoms with Crippen molar-refractivity contribution in [2.45, 2.75) is 73.1 Å². The van der Waals surface area contributed by atoms with Gasteiger partial charge in [0.2, 0.25) is 0 Å². The molecule has 0 saturated heterocycles. The van der Waals surface area contributed by atoms with E-state index in [0.29, 0.717) is 70.9 Å². The Balaban J connectivity index is 1.53. The van der Waals surface area contributed by atoms with Crippen molar-refractivity contribution in [3.8, 4) is 11.5 Å². The monoisotopic (exact) mass is 635 g/mol. The van der Waals surface area contributed by atoms with E-state index in [0.717, 1.165) is 16.8 Å². The summed E-state index contributed by atoms with van der Waals surface area (Å²) in [6, 6.07) is 11.2. The van der Waals surface area contributed by atoms with Gasteiger partial charge >= 0.3 is 0 Å². The van der Waals surface area contributed by atoms with Crippen molar-refractivity contribution < 1.29 is 28.6 Å². The number of para-hydroxylation sites is 1. The molecule has 2 aromatic carbocycles. The lowest BCUT2D eigenvalue weighted by Gasteiger charge is -2.42. The minimum atomic E-state index is -0.565. The molecule has 0 spiro atoms. The first kappa shape index (κ1) is 30.1. The van der Waals surface area contributed by atoms with Crippen LogP contribution in [0.25, 0.3) is 0 Å². The topological polar surface area (TPSA) is 90.9 Å². The fourth-order valence-electron chi connectivity index (χ4n) is 6.20. The number of anilines is 1. The van der Waals surface area contributed by atoms with E-state index >= 15 is 0 Å². The molecular weight excluding hydrogens is 598 g/mol. The molecule has 2 aliphatic carbocycles. The molecule has 2 aromatic rings. The normalized spacial score (nSPS) is 19.6. The van der Waals surface area contributed by atoms with Gasteiger partial charge in [-0.3, -0.25) is 14.4 Å². The van der Waals surface area contributed by atoms with E-state index in [-0.39, 0.29) is 34.9 Å². The highest BCUT2D eigenvalue weighted by Crippen LogP contribution is 2.54. The molecule has 0 radical (unpaired) electrons. The zero-order chi connectivity index (χ0) is 30.4. The molecule has 8 heteroatoms. The smallest absolute Gasteiger partial charge is 0.262 e. The van der Waals surface area contributed by atoms with Crippen LogP contribution in [-0.4, -0.2) is 30.7 Å². The molecular formula is C34H38BrNO6. The second-order valence-electron chi connectivity index (χ2n) is 13.0. The van der Waals surface area contributed by atoms with Gasteiger partial charge in [0.25, 0.3) is 5.91 Å². The van der Waals surface area contributed by atoms with Crippen molar-refractivity contribution in [1.29, 1.82) is 0 Å². The first-order valence-electron chi connectivity index (χ1n) is 14.4. The van der Waals surface area contributed by atoms with Crippen LogP contribution in [0.2, 0.25) is 0 Å². The van der Waals surface area contributed by atoms with Gasteiger partial charge < -0.3 is 19.5 Å². The summed E-state index contributed by atoms with van der Waals surface area (Å²) in [5.41, 5.74) is 3.06. The third-order valence-electron chi connectivity index (χ3n) is 8.01. The van der Waals surface area contributed by atoms with Crippen LogP contribution in [-0.2, 0) is 19.1 Å². The third-order valence-corrected chi connectivity index (χ3v) is 8.60. The van der Waals surface area contributed by atoms with Crippen molar-refractivity contribution >= 4 is 39.1 Å². The van der Waals surface area contributed by atoms with E-state index in [9.17, 15) is 14.4 Å². The second-order valence-corrected chi connectivity index (χ2v) is 13.9. The Labute approximate surface area is 255 Å². The van der Waals surface area contributed by atoms with Gasteiger partial charge in [-0.05, 0) is 69.9 Å². The molecule has 7 nitrogen and oxygen atoms in total. The SMILES string of the molecule is CCOc1cc(C2C3=C(CC(C)(C)CC3=O)OC3=C2C(=O)CC(C)(C)C3)cc(Br)c1OCC(=O)Nc1ccccc1C. The van der Waals surface area contributed by atoms with Crippen molar-refractivity contribution in [3.63, 3.8) is 0 Å². The minimum absolute atomic E-state index is 0.00211. The quantitative estimate of drug-likeness (QED) is 0.337. The summed E-state index contributed by atoms with van der Waals surface area (Å²) in [7, 11) is 0. The van der Waals surface area contributed by atoms with E-state index < -0.39 is 5.92 Å². The highest BCUT2D eigenvalue weighted by atomic mass is 79.9. The lowest BCUT2D eigenvalue weighted by Crippen LogP contribution is -2.37. The fourth-order valence-corrected chi connectivity index (χ4v) is 6.78. The number of nitrogens with one attached hydrogen (secondary N) is 1. The number of ketones is 2.